The Labute approximate surface area is 321 Å². The second-order valence-electron chi connectivity index (χ2n) is 16.8. The van der Waals surface area contributed by atoms with E-state index in [0.29, 0.717) is 0 Å². The molecule has 0 saturated carbocycles. The molecule has 1 fully saturated rings. The molecule has 2 aliphatic heterocycles. The molecule has 0 unspecified atom stereocenters. The van der Waals surface area contributed by atoms with E-state index in [1.54, 1.807) is 0 Å². The fourth-order valence-corrected chi connectivity index (χ4v) is 10.5. The number of nitrogens with zero attached hydrogens (tertiary/aromatic N) is 4. The van der Waals surface area contributed by atoms with Crippen molar-refractivity contribution in [2.45, 2.75) is 88.5 Å². The molecule has 0 amide bonds. The fraction of sp³-hybridized carbons (Fsp3) is 0.362. The number of aryl methyl sites for hydroxylation is 11. The maximum absolute atomic E-state index is 2.85. The van der Waals surface area contributed by atoms with Crippen molar-refractivity contribution < 1.29 is 0 Å². The van der Waals surface area contributed by atoms with Crippen LogP contribution in [0.3, 0.4) is 0 Å². The van der Waals surface area contributed by atoms with Crippen molar-refractivity contribution in [2.75, 3.05) is 46.5 Å². The molecule has 6 heteroatoms. The molecule has 5 aromatic carbocycles. The first-order valence-electron chi connectivity index (χ1n) is 19.6. The summed E-state index contributed by atoms with van der Waals surface area (Å²) >= 11 is 0. The summed E-state index contributed by atoms with van der Waals surface area (Å²) in [7, 11) is 4.27. The van der Waals surface area contributed by atoms with Gasteiger partial charge in [0.05, 0.1) is 5.94 Å². The first-order chi connectivity index (χ1) is 25.1. The van der Waals surface area contributed by atoms with Gasteiger partial charge in [0.15, 0.2) is 0 Å². The van der Waals surface area contributed by atoms with E-state index in [4.69, 9.17) is 0 Å². The minimum absolute atomic E-state index is 0.0140. The lowest BCUT2D eigenvalue weighted by atomic mass is 9.40. The van der Waals surface area contributed by atoms with E-state index < -0.39 is 0 Å². The molecule has 0 spiro atoms. The molecular formula is C47H58B2N4. The van der Waals surface area contributed by atoms with Crippen molar-refractivity contribution in [3.63, 3.8) is 0 Å². The van der Waals surface area contributed by atoms with Gasteiger partial charge in [-0.05, 0) is 146 Å². The van der Waals surface area contributed by atoms with Gasteiger partial charge in [0.2, 0.25) is 0 Å². The van der Waals surface area contributed by atoms with Crippen molar-refractivity contribution in [1.29, 1.82) is 0 Å². The van der Waals surface area contributed by atoms with Crippen LogP contribution in [0.2, 0.25) is 0 Å². The molecule has 4 nitrogen and oxygen atoms in total. The predicted octanol–water partition coefficient (Wildman–Crippen LogP) is 8.74. The average Bonchev–Trinajstić information content (AvgIpc) is 3.19. The van der Waals surface area contributed by atoms with Crippen molar-refractivity contribution in [2.24, 2.45) is 0 Å². The molecule has 2 aliphatic rings. The first kappa shape index (κ1) is 36.8. The number of hydrogen-bond acceptors (Lipinski definition) is 4. The molecule has 0 radical (unpaired) electrons. The maximum Gasteiger partial charge on any atom is 0.387 e. The lowest BCUT2D eigenvalue weighted by molar-refractivity contribution is 0.668. The summed E-state index contributed by atoms with van der Waals surface area (Å²) in [5.41, 5.74) is 24.5. The van der Waals surface area contributed by atoms with Gasteiger partial charge in [-0.2, -0.15) is 0 Å². The van der Waals surface area contributed by atoms with Crippen LogP contribution in [0.4, 0.5) is 22.7 Å². The van der Waals surface area contributed by atoms with Gasteiger partial charge < -0.3 is 19.3 Å². The van der Waals surface area contributed by atoms with Crippen LogP contribution in [0.1, 0.15) is 66.8 Å². The van der Waals surface area contributed by atoms with Gasteiger partial charge in [-0.15, -0.1) is 0 Å². The second-order valence-corrected chi connectivity index (χ2v) is 16.8. The van der Waals surface area contributed by atoms with Crippen LogP contribution >= 0.6 is 0 Å². The summed E-state index contributed by atoms with van der Waals surface area (Å²) in [5.74, 6) is 0.175. The number of benzene rings is 5. The first-order valence-corrected chi connectivity index (χ1v) is 19.6. The molecule has 272 valence electrons. The molecule has 5 aromatic rings. The zero-order chi connectivity index (χ0) is 38.0. The second kappa shape index (κ2) is 14.0. The third kappa shape index (κ3) is 6.53. The van der Waals surface area contributed by atoms with Gasteiger partial charge in [0, 0.05) is 49.9 Å². The Morgan fingerprint density at radius 3 is 1.49 bits per heavy atom. The van der Waals surface area contributed by atoms with Crippen LogP contribution in [0.15, 0.2) is 72.8 Å². The highest BCUT2D eigenvalue weighted by Crippen LogP contribution is 2.40. The van der Waals surface area contributed by atoms with Gasteiger partial charge in [0.25, 0.3) is 0 Å². The topological polar surface area (TPSA) is 13.0 Å². The standard InChI is InChI=1S/C47H58B2N4/c1-29-20-33(5)44(34(6)21-29)48-45-35(7)22-32(4)27-40(45)28-43-49(53(48)42-16-14-41(15-17-42)50(12)13)52(47-38(10)25-31(3)26-39(47)11)19-18-51(43)46-36(8)23-30(2)24-37(46)9/h14-17,20-27,43H,18-19,28H2,1-13H3/t43-/m1/s1. The van der Waals surface area contributed by atoms with Gasteiger partial charge in [-0.3, -0.25) is 0 Å². The van der Waals surface area contributed by atoms with E-state index in [9.17, 15) is 0 Å². The van der Waals surface area contributed by atoms with Crippen LogP contribution in [-0.4, -0.2) is 47.0 Å². The third-order valence-corrected chi connectivity index (χ3v) is 12.0. The molecule has 2 heterocycles. The lowest BCUT2D eigenvalue weighted by Crippen LogP contribution is -2.75. The highest BCUT2D eigenvalue weighted by Gasteiger charge is 2.53. The smallest absolute Gasteiger partial charge is 0.387 e. The Balaban J connectivity index is 1.61. The predicted molar refractivity (Wildman–Crippen MR) is 234 cm³/mol. The van der Waals surface area contributed by atoms with Crippen molar-refractivity contribution in [3.8, 4) is 0 Å². The fourth-order valence-electron chi connectivity index (χ4n) is 10.5. The van der Waals surface area contributed by atoms with Crippen molar-refractivity contribution >= 4 is 47.5 Å². The summed E-state index contributed by atoms with van der Waals surface area (Å²) in [5, 5.41) is 0. The molecule has 0 aliphatic carbocycles. The molecule has 1 atom stereocenters. The maximum atomic E-state index is 2.85. The van der Waals surface area contributed by atoms with Crippen molar-refractivity contribution in [3.05, 3.63) is 140 Å². The zero-order valence-electron chi connectivity index (χ0n) is 34.6. The van der Waals surface area contributed by atoms with Crippen LogP contribution in [-0.2, 0) is 6.42 Å². The minimum Gasteiger partial charge on any atom is -0.433 e. The summed E-state index contributed by atoms with van der Waals surface area (Å²) in [6.07, 6.45) is 0.961. The van der Waals surface area contributed by atoms with E-state index in [0.717, 1.165) is 19.5 Å². The summed E-state index contributed by atoms with van der Waals surface area (Å²) in [6, 6.07) is 28.7. The molecule has 7 rings (SSSR count). The molecule has 53 heavy (non-hydrogen) atoms. The lowest BCUT2D eigenvalue weighted by Gasteiger charge is -2.53. The number of fused-ring (bicyclic) bond motifs is 2. The molecule has 1 saturated heterocycles. The van der Waals surface area contributed by atoms with E-state index in [1.807, 2.05) is 0 Å². The molecular weight excluding hydrogens is 642 g/mol. The van der Waals surface area contributed by atoms with E-state index >= 15 is 0 Å². The quantitative estimate of drug-likeness (QED) is 0.170. The van der Waals surface area contributed by atoms with Gasteiger partial charge in [-0.25, -0.2) is 0 Å². The monoisotopic (exact) mass is 700 g/mol. The van der Waals surface area contributed by atoms with E-state index in [1.165, 1.54) is 100 Å². The highest BCUT2D eigenvalue weighted by molar-refractivity contribution is 7.00. The largest absolute Gasteiger partial charge is 0.433 e. The highest BCUT2D eigenvalue weighted by atomic mass is 15.3. The van der Waals surface area contributed by atoms with E-state index in [-0.39, 0.29) is 19.8 Å². The molecule has 0 aromatic heterocycles. The van der Waals surface area contributed by atoms with Crippen LogP contribution < -0.4 is 30.3 Å². The van der Waals surface area contributed by atoms with Crippen LogP contribution in [0.25, 0.3) is 0 Å². The Hall–Kier alpha value is -4.57. The number of hydrogen-bond donors (Lipinski definition) is 0. The van der Waals surface area contributed by atoms with Crippen LogP contribution in [0, 0.1) is 76.2 Å². The zero-order valence-corrected chi connectivity index (χ0v) is 34.6. The molecule has 0 bridgehead atoms. The summed E-state index contributed by atoms with van der Waals surface area (Å²) in [6.45, 7) is 27.3. The minimum atomic E-state index is 0.0140. The number of anilines is 4. The third-order valence-electron chi connectivity index (χ3n) is 12.0. The Morgan fingerprint density at radius 1 is 0.528 bits per heavy atom. The Kier molecular flexibility index (Phi) is 9.72. The number of rotatable bonds is 5. The summed E-state index contributed by atoms with van der Waals surface area (Å²) in [4.78, 5) is 7.83. The SMILES string of the molecule is Cc1cc(C)c(B2c3c(C)cc(C)cc3C[C@@H]3B(N(c4c(C)cc(C)cc4C)CCN3c3c(C)cc(C)cc3C)N2c2ccc(N(C)C)cc2)c(C)c1. The van der Waals surface area contributed by atoms with Gasteiger partial charge in [-0.1, -0.05) is 87.5 Å². The average molecular weight is 701 g/mol. The Bertz CT molecular complexity index is 2140. The van der Waals surface area contributed by atoms with Crippen LogP contribution in [0.5, 0.6) is 0 Å². The van der Waals surface area contributed by atoms with E-state index in [2.05, 4.69) is 182 Å². The molecule has 0 N–H and O–H groups in total. The normalized spacial score (nSPS) is 15.8. The Morgan fingerprint density at radius 2 is 0.981 bits per heavy atom. The van der Waals surface area contributed by atoms with Crippen molar-refractivity contribution in [1.82, 2.24) is 0 Å². The van der Waals surface area contributed by atoms with Gasteiger partial charge >= 0.3 is 13.8 Å². The van der Waals surface area contributed by atoms with Gasteiger partial charge in [0.1, 0.15) is 0 Å². The summed E-state index contributed by atoms with van der Waals surface area (Å²) < 4.78 is 2.85.